The quantitative estimate of drug-likeness (QED) is 0.0653. The van der Waals surface area contributed by atoms with E-state index in [0.717, 1.165) is 66.1 Å². The Hall–Kier alpha value is -4.29. The van der Waals surface area contributed by atoms with Gasteiger partial charge in [-0.1, -0.05) is 55.7 Å². The molecule has 0 spiro atoms. The summed E-state index contributed by atoms with van der Waals surface area (Å²) in [6.07, 6.45) is 5.00. The number of esters is 3. The molecule has 0 radical (unpaired) electrons. The highest BCUT2D eigenvalue weighted by Crippen LogP contribution is 2.30. The fourth-order valence-electron chi connectivity index (χ4n) is 5.39. The molecule has 1 aromatic heterocycles. The first-order chi connectivity index (χ1) is 23.3. The predicted octanol–water partition coefficient (Wildman–Crippen LogP) is 4.16. The van der Waals surface area contributed by atoms with Gasteiger partial charge in [0.25, 0.3) is 0 Å². The number of aromatic nitrogens is 1. The van der Waals surface area contributed by atoms with Crippen molar-refractivity contribution in [1.82, 2.24) is 20.1 Å². The van der Waals surface area contributed by atoms with Gasteiger partial charge in [-0.05, 0) is 45.7 Å². The van der Waals surface area contributed by atoms with Crippen LogP contribution in [0.3, 0.4) is 0 Å². The van der Waals surface area contributed by atoms with E-state index in [0.29, 0.717) is 6.54 Å². The van der Waals surface area contributed by atoms with Crippen molar-refractivity contribution >= 4 is 51.3 Å². The van der Waals surface area contributed by atoms with E-state index >= 15 is 0 Å². The van der Waals surface area contributed by atoms with Crippen molar-refractivity contribution in [2.75, 3.05) is 77.5 Å². The van der Waals surface area contributed by atoms with Crippen LogP contribution >= 0.6 is 0 Å². The number of amides is 1. The zero-order chi connectivity index (χ0) is 34.6. The Balaban J connectivity index is 1.39. The van der Waals surface area contributed by atoms with Crippen LogP contribution in [0.2, 0.25) is 0 Å². The molecule has 1 heterocycles. The van der Waals surface area contributed by atoms with Crippen LogP contribution in [0.4, 0.5) is 5.69 Å². The van der Waals surface area contributed by atoms with Gasteiger partial charge in [-0.15, -0.1) is 0 Å². The number of fused-ring (bicyclic) bond motifs is 2. The number of carbonyl (C=O) groups excluding carboxylic acids is 4. The SMILES string of the molecule is CCOC(=O)CN(CCN(CC(=O)OCC)CC(=O)OCC)CC(=O)NCCCCCCCNc1c2ccccc2nc2ccccc12. The average molecular weight is 666 g/mol. The number of anilines is 1. The third-order valence-electron chi connectivity index (χ3n) is 7.64. The second-order valence-electron chi connectivity index (χ2n) is 11.4. The number of ether oxygens (including phenoxy) is 3. The highest BCUT2D eigenvalue weighted by atomic mass is 16.5. The minimum Gasteiger partial charge on any atom is -0.465 e. The predicted molar refractivity (Wildman–Crippen MR) is 187 cm³/mol. The summed E-state index contributed by atoms with van der Waals surface area (Å²) in [7, 11) is 0. The van der Waals surface area contributed by atoms with Crippen molar-refractivity contribution < 1.29 is 33.4 Å². The number of para-hydroxylation sites is 2. The minimum atomic E-state index is -0.469. The number of pyridine rings is 1. The van der Waals surface area contributed by atoms with Gasteiger partial charge in [0.05, 0.1) is 62.7 Å². The highest BCUT2D eigenvalue weighted by molar-refractivity contribution is 6.07. The Labute approximate surface area is 283 Å². The number of unbranched alkanes of at least 4 members (excludes halogenated alkanes) is 4. The van der Waals surface area contributed by atoms with Crippen LogP contribution in [0.25, 0.3) is 21.8 Å². The molecule has 262 valence electrons. The van der Waals surface area contributed by atoms with Gasteiger partial charge in [-0.3, -0.25) is 29.0 Å². The van der Waals surface area contributed by atoms with Gasteiger partial charge in [-0.25, -0.2) is 4.98 Å². The average Bonchev–Trinajstić information content (AvgIpc) is 3.06. The van der Waals surface area contributed by atoms with Crippen LogP contribution in [-0.4, -0.2) is 111 Å². The van der Waals surface area contributed by atoms with Crippen molar-refractivity contribution in [3.63, 3.8) is 0 Å². The molecule has 2 aromatic carbocycles. The van der Waals surface area contributed by atoms with Crippen molar-refractivity contribution in [2.24, 2.45) is 0 Å². The van der Waals surface area contributed by atoms with Crippen LogP contribution in [0.5, 0.6) is 0 Å². The molecule has 3 aromatic rings. The molecule has 0 aliphatic carbocycles. The standard InChI is InChI=1S/C36H51N5O7/c1-4-46-33(43)25-40(22-23-41(26-34(44)47-5-2)27-35(45)48-6-3)24-32(42)37-20-14-8-7-9-15-21-38-36-28-16-10-12-18-30(28)39-31-19-13-11-17-29(31)36/h10-13,16-19H,4-9,14-15,20-27H2,1-3H3,(H,37,42)(H,38,39). The lowest BCUT2D eigenvalue weighted by atomic mass is 10.1. The second kappa shape index (κ2) is 21.6. The summed E-state index contributed by atoms with van der Waals surface area (Å²) >= 11 is 0. The lowest BCUT2D eigenvalue weighted by molar-refractivity contribution is -0.149. The Morgan fingerprint density at radius 1 is 0.604 bits per heavy atom. The van der Waals surface area contributed by atoms with Gasteiger partial charge in [-0.2, -0.15) is 0 Å². The van der Waals surface area contributed by atoms with Crippen LogP contribution in [0.1, 0.15) is 52.9 Å². The number of benzene rings is 2. The van der Waals surface area contributed by atoms with Crippen molar-refractivity contribution in [1.29, 1.82) is 0 Å². The lowest BCUT2D eigenvalue weighted by Gasteiger charge is -2.25. The number of hydrogen-bond donors (Lipinski definition) is 2. The summed E-state index contributed by atoms with van der Waals surface area (Å²) in [6.45, 7) is 7.37. The largest absolute Gasteiger partial charge is 0.465 e. The maximum atomic E-state index is 12.8. The first kappa shape index (κ1) is 38.2. The molecule has 48 heavy (non-hydrogen) atoms. The van der Waals surface area contributed by atoms with E-state index in [1.165, 1.54) is 0 Å². The normalized spacial score (nSPS) is 11.2. The third kappa shape index (κ3) is 13.4. The molecule has 0 saturated heterocycles. The van der Waals surface area contributed by atoms with Crippen LogP contribution in [0.15, 0.2) is 48.5 Å². The molecule has 2 N–H and O–H groups in total. The first-order valence-corrected chi connectivity index (χ1v) is 17.0. The van der Waals surface area contributed by atoms with Crippen molar-refractivity contribution in [3.8, 4) is 0 Å². The molecule has 0 aliphatic rings. The molecule has 0 fully saturated rings. The maximum Gasteiger partial charge on any atom is 0.320 e. The fourth-order valence-corrected chi connectivity index (χ4v) is 5.39. The van der Waals surface area contributed by atoms with E-state index in [9.17, 15) is 19.2 Å². The van der Waals surface area contributed by atoms with Gasteiger partial charge in [0.1, 0.15) is 0 Å². The van der Waals surface area contributed by atoms with Gasteiger partial charge in [0, 0.05) is 37.0 Å². The molecule has 0 saturated carbocycles. The van der Waals surface area contributed by atoms with E-state index in [-0.39, 0.29) is 65.0 Å². The zero-order valence-electron chi connectivity index (χ0n) is 28.6. The molecule has 12 heteroatoms. The zero-order valence-corrected chi connectivity index (χ0v) is 28.6. The van der Waals surface area contributed by atoms with Gasteiger partial charge < -0.3 is 24.8 Å². The molecule has 0 aliphatic heterocycles. The van der Waals surface area contributed by atoms with Gasteiger partial charge >= 0.3 is 17.9 Å². The fraction of sp³-hybridized carbons (Fsp3) is 0.528. The number of nitrogens with one attached hydrogen (secondary N) is 2. The number of nitrogens with zero attached hydrogens (tertiary/aromatic N) is 3. The first-order valence-electron chi connectivity index (χ1n) is 17.0. The maximum absolute atomic E-state index is 12.8. The summed E-state index contributed by atoms with van der Waals surface area (Å²) in [6, 6.07) is 16.4. The molecular formula is C36H51N5O7. The van der Waals surface area contributed by atoms with E-state index in [2.05, 4.69) is 22.8 Å². The summed E-state index contributed by atoms with van der Waals surface area (Å²) in [5, 5.41) is 8.85. The molecule has 0 bridgehead atoms. The van der Waals surface area contributed by atoms with E-state index in [4.69, 9.17) is 19.2 Å². The highest BCUT2D eigenvalue weighted by Gasteiger charge is 2.20. The summed E-state index contributed by atoms with van der Waals surface area (Å²) in [5.41, 5.74) is 3.09. The van der Waals surface area contributed by atoms with E-state index in [1.807, 2.05) is 36.4 Å². The molecular weight excluding hydrogens is 614 g/mol. The number of rotatable bonds is 23. The summed E-state index contributed by atoms with van der Waals surface area (Å²) in [4.78, 5) is 57.2. The smallest absolute Gasteiger partial charge is 0.320 e. The Morgan fingerprint density at radius 3 is 1.54 bits per heavy atom. The number of carbonyl (C=O) groups is 4. The van der Waals surface area contributed by atoms with Crippen LogP contribution in [-0.2, 0) is 33.4 Å². The molecule has 12 nitrogen and oxygen atoms in total. The van der Waals surface area contributed by atoms with Crippen molar-refractivity contribution in [2.45, 2.75) is 52.9 Å². The number of hydrogen-bond acceptors (Lipinski definition) is 11. The lowest BCUT2D eigenvalue weighted by Crippen LogP contribution is -2.46. The molecule has 1 amide bonds. The second-order valence-corrected chi connectivity index (χ2v) is 11.4. The topological polar surface area (TPSA) is 139 Å². The van der Waals surface area contributed by atoms with Crippen molar-refractivity contribution in [3.05, 3.63) is 48.5 Å². The molecule has 0 unspecified atom stereocenters. The summed E-state index contributed by atoms with van der Waals surface area (Å²) in [5.74, 6) is -1.59. The van der Waals surface area contributed by atoms with E-state index < -0.39 is 17.9 Å². The Morgan fingerprint density at radius 2 is 1.04 bits per heavy atom. The minimum absolute atomic E-state index is 0.0183. The Kier molecular flexibility index (Phi) is 17.1. The Bertz CT molecular complexity index is 1390. The molecule has 3 rings (SSSR count). The van der Waals surface area contributed by atoms with E-state index in [1.54, 1.807) is 30.6 Å². The molecule has 0 atom stereocenters. The third-order valence-corrected chi connectivity index (χ3v) is 7.64. The van der Waals surface area contributed by atoms with Crippen LogP contribution in [0, 0.1) is 0 Å². The summed E-state index contributed by atoms with van der Waals surface area (Å²) < 4.78 is 15.1. The van der Waals surface area contributed by atoms with Gasteiger partial charge in [0.15, 0.2) is 0 Å². The van der Waals surface area contributed by atoms with Gasteiger partial charge in [0.2, 0.25) is 5.91 Å². The van der Waals surface area contributed by atoms with Crippen LogP contribution < -0.4 is 10.6 Å². The monoisotopic (exact) mass is 665 g/mol.